The third-order valence-electron chi connectivity index (χ3n) is 4.82. The lowest BCUT2D eigenvalue weighted by atomic mass is 9.96. The number of thioether (sulfide) groups is 1. The zero-order valence-electron chi connectivity index (χ0n) is 14.7. The molecule has 5 nitrogen and oxygen atoms in total. The summed E-state index contributed by atoms with van der Waals surface area (Å²) >= 11 is 3.05. The number of aromatic nitrogens is 2. The molecule has 0 spiro atoms. The molecule has 26 heavy (non-hydrogen) atoms. The summed E-state index contributed by atoms with van der Waals surface area (Å²) in [6.07, 6.45) is 8.50. The van der Waals surface area contributed by atoms with Gasteiger partial charge >= 0.3 is 0 Å². The summed E-state index contributed by atoms with van der Waals surface area (Å²) in [5.74, 6) is 0.0701. The maximum Gasteiger partial charge on any atom is 0.238 e. The van der Waals surface area contributed by atoms with Crippen molar-refractivity contribution >= 4 is 34.1 Å². The highest BCUT2D eigenvalue weighted by atomic mass is 32.2. The number of rotatable bonds is 7. The monoisotopic (exact) mass is 388 g/mol. The Morgan fingerprint density at radius 3 is 2.54 bits per heavy atom. The van der Waals surface area contributed by atoms with E-state index in [1.54, 1.807) is 11.3 Å². The Kier molecular flexibility index (Phi) is 5.75. The van der Waals surface area contributed by atoms with E-state index in [9.17, 15) is 4.79 Å². The van der Waals surface area contributed by atoms with Gasteiger partial charge in [-0.25, -0.2) is 0 Å². The van der Waals surface area contributed by atoms with Gasteiger partial charge in [-0.1, -0.05) is 72.7 Å². The first-order chi connectivity index (χ1) is 12.8. The van der Waals surface area contributed by atoms with Crippen LogP contribution >= 0.6 is 23.1 Å². The first-order valence-electron chi connectivity index (χ1n) is 9.40. The number of nitrogens with one attached hydrogen (secondary N) is 2. The maximum atomic E-state index is 12.7. The molecule has 138 valence electrons. The Hall–Kier alpha value is -1.60. The average molecular weight is 389 g/mol. The Labute approximate surface area is 162 Å². The average Bonchev–Trinajstić information content (AvgIpc) is 3.38. The van der Waals surface area contributed by atoms with Crippen LogP contribution in [0.3, 0.4) is 0 Å². The van der Waals surface area contributed by atoms with E-state index >= 15 is 0 Å². The Morgan fingerprint density at radius 1 is 1.04 bits per heavy atom. The molecule has 0 saturated heterocycles. The summed E-state index contributed by atoms with van der Waals surface area (Å²) < 4.78 is 0.836. The predicted octanol–water partition coefficient (Wildman–Crippen LogP) is 4.39. The van der Waals surface area contributed by atoms with Gasteiger partial charge < -0.3 is 10.6 Å². The zero-order valence-corrected chi connectivity index (χ0v) is 16.3. The van der Waals surface area contributed by atoms with Gasteiger partial charge in [0.2, 0.25) is 11.0 Å². The summed E-state index contributed by atoms with van der Waals surface area (Å²) in [5.41, 5.74) is 1.01. The SMILES string of the molecule is O=C(NC1CC1)C(Sc1nnc(NC2CCCCC2)s1)c1ccccc1. The van der Waals surface area contributed by atoms with Crippen molar-refractivity contribution in [2.24, 2.45) is 0 Å². The fourth-order valence-corrected chi connectivity index (χ4v) is 5.27. The summed E-state index contributed by atoms with van der Waals surface area (Å²) in [7, 11) is 0. The third kappa shape index (κ3) is 4.76. The molecule has 4 rings (SSSR count). The standard InChI is InChI=1S/C19H24N4OS2/c24-17(20-15-11-12-15)16(13-7-3-1-4-8-13)25-19-23-22-18(26-19)21-14-9-5-2-6-10-14/h1,3-4,7-8,14-16H,2,5-6,9-12H2,(H,20,24)(H,21,22). The maximum absolute atomic E-state index is 12.7. The molecule has 1 aromatic carbocycles. The molecular formula is C19H24N4OS2. The number of carbonyl (C=O) groups excluding carboxylic acids is 1. The van der Waals surface area contributed by atoms with Crippen LogP contribution in [-0.4, -0.2) is 28.2 Å². The summed E-state index contributed by atoms with van der Waals surface area (Å²) in [5, 5.41) is 15.8. The fraction of sp³-hybridized carbons (Fsp3) is 0.526. The van der Waals surface area contributed by atoms with E-state index in [0.29, 0.717) is 12.1 Å². The van der Waals surface area contributed by atoms with Crippen molar-refractivity contribution in [1.29, 1.82) is 0 Å². The second-order valence-electron chi connectivity index (χ2n) is 7.04. The van der Waals surface area contributed by atoms with Gasteiger partial charge in [0.15, 0.2) is 4.34 Å². The van der Waals surface area contributed by atoms with E-state index in [-0.39, 0.29) is 11.2 Å². The molecule has 2 fully saturated rings. The second kappa shape index (κ2) is 8.39. The molecule has 2 N–H and O–H groups in total. The van der Waals surface area contributed by atoms with E-state index in [1.807, 2.05) is 30.3 Å². The van der Waals surface area contributed by atoms with Gasteiger partial charge in [0, 0.05) is 12.1 Å². The Morgan fingerprint density at radius 2 is 1.81 bits per heavy atom. The summed E-state index contributed by atoms with van der Waals surface area (Å²) in [6.45, 7) is 0. The molecule has 1 unspecified atom stereocenters. The quantitative estimate of drug-likeness (QED) is 0.689. The summed E-state index contributed by atoms with van der Waals surface area (Å²) in [6, 6.07) is 10.8. The van der Waals surface area contributed by atoms with E-state index in [1.165, 1.54) is 43.9 Å². The number of amides is 1. The normalized spacial score (nSPS) is 19.1. The van der Waals surface area contributed by atoms with Gasteiger partial charge in [0.25, 0.3) is 0 Å². The van der Waals surface area contributed by atoms with E-state index < -0.39 is 0 Å². The van der Waals surface area contributed by atoms with Gasteiger partial charge in [-0.3, -0.25) is 4.79 Å². The van der Waals surface area contributed by atoms with Crippen molar-refractivity contribution in [3.63, 3.8) is 0 Å². The van der Waals surface area contributed by atoms with Crippen LogP contribution in [0, 0.1) is 0 Å². The number of anilines is 1. The topological polar surface area (TPSA) is 66.9 Å². The molecule has 2 aromatic rings. The Balaban J connectivity index is 1.44. The van der Waals surface area contributed by atoms with Crippen LogP contribution in [0.1, 0.15) is 55.8 Å². The van der Waals surface area contributed by atoms with Crippen LogP contribution in [0.5, 0.6) is 0 Å². The van der Waals surface area contributed by atoms with Crippen LogP contribution in [0.25, 0.3) is 0 Å². The minimum Gasteiger partial charge on any atom is -0.357 e. The van der Waals surface area contributed by atoms with Crippen LogP contribution in [-0.2, 0) is 4.79 Å². The molecule has 7 heteroatoms. The van der Waals surface area contributed by atoms with E-state index in [2.05, 4.69) is 20.8 Å². The lowest BCUT2D eigenvalue weighted by Gasteiger charge is -2.21. The minimum atomic E-state index is -0.285. The van der Waals surface area contributed by atoms with Gasteiger partial charge in [-0.15, -0.1) is 10.2 Å². The molecule has 1 aromatic heterocycles. The highest BCUT2D eigenvalue weighted by Crippen LogP contribution is 2.39. The molecule has 1 atom stereocenters. The number of hydrogen-bond acceptors (Lipinski definition) is 6. The molecular weight excluding hydrogens is 364 g/mol. The number of benzene rings is 1. The molecule has 2 aliphatic carbocycles. The van der Waals surface area contributed by atoms with Crippen molar-refractivity contribution in [1.82, 2.24) is 15.5 Å². The Bertz CT molecular complexity index is 726. The van der Waals surface area contributed by atoms with Gasteiger partial charge in [-0.05, 0) is 31.2 Å². The number of nitrogens with zero attached hydrogens (tertiary/aromatic N) is 2. The largest absolute Gasteiger partial charge is 0.357 e. The van der Waals surface area contributed by atoms with E-state index in [4.69, 9.17) is 0 Å². The molecule has 1 amide bonds. The lowest BCUT2D eigenvalue weighted by molar-refractivity contribution is -0.120. The first kappa shape index (κ1) is 17.8. The first-order valence-corrected chi connectivity index (χ1v) is 11.1. The van der Waals surface area contributed by atoms with E-state index in [0.717, 1.165) is 27.9 Å². The van der Waals surface area contributed by atoms with Gasteiger partial charge in [-0.2, -0.15) is 0 Å². The smallest absolute Gasteiger partial charge is 0.238 e. The van der Waals surface area contributed by atoms with Crippen LogP contribution < -0.4 is 10.6 Å². The summed E-state index contributed by atoms with van der Waals surface area (Å²) in [4.78, 5) is 12.7. The molecule has 0 radical (unpaired) electrons. The predicted molar refractivity (Wildman–Crippen MR) is 107 cm³/mol. The molecule has 1 heterocycles. The highest BCUT2D eigenvalue weighted by Gasteiger charge is 2.30. The van der Waals surface area contributed by atoms with Crippen LogP contribution in [0.2, 0.25) is 0 Å². The highest BCUT2D eigenvalue weighted by molar-refractivity contribution is 8.01. The van der Waals surface area contributed by atoms with Crippen LogP contribution in [0.4, 0.5) is 5.13 Å². The van der Waals surface area contributed by atoms with Crippen molar-refractivity contribution in [3.05, 3.63) is 35.9 Å². The second-order valence-corrected chi connectivity index (χ2v) is 9.37. The lowest BCUT2D eigenvalue weighted by Crippen LogP contribution is -2.29. The van der Waals surface area contributed by atoms with Crippen molar-refractivity contribution in [2.45, 2.75) is 66.6 Å². The minimum absolute atomic E-state index is 0.0701. The number of hydrogen-bond donors (Lipinski definition) is 2. The van der Waals surface area contributed by atoms with Gasteiger partial charge in [0.05, 0.1) is 0 Å². The van der Waals surface area contributed by atoms with Crippen molar-refractivity contribution in [3.8, 4) is 0 Å². The fourth-order valence-electron chi connectivity index (χ4n) is 3.24. The molecule has 0 aliphatic heterocycles. The van der Waals surface area contributed by atoms with Crippen molar-refractivity contribution < 1.29 is 4.79 Å². The van der Waals surface area contributed by atoms with Crippen molar-refractivity contribution in [2.75, 3.05) is 5.32 Å². The molecule has 0 bridgehead atoms. The molecule has 2 saturated carbocycles. The van der Waals surface area contributed by atoms with Gasteiger partial charge in [0.1, 0.15) is 5.25 Å². The van der Waals surface area contributed by atoms with Crippen LogP contribution in [0.15, 0.2) is 34.7 Å². The number of carbonyl (C=O) groups is 1. The third-order valence-corrected chi connectivity index (χ3v) is 7.02. The zero-order chi connectivity index (χ0) is 17.8. The molecule has 2 aliphatic rings.